The molecule has 4 heteroatoms. The lowest BCUT2D eigenvalue weighted by Crippen LogP contribution is -2.43. The number of anilines is 1. The monoisotopic (exact) mass is 252 g/mol. The fourth-order valence-corrected chi connectivity index (χ4v) is 2.13. The smallest absolute Gasteiger partial charge is 0.158 e. The van der Waals surface area contributed by atoms with Crippen LogP contribution in [0.5, 0.6) is 0 Å². The molecule has 1 atom stereocenters. The van der Waals surface area contributed by atoms with E-state index in [-0.39, 0.29) is 12.3 Å². The number of hydrogen-bond acceptors (Lipinski definition) is 4. The number of nitrogens with zero attached hydrogens (tertiary/aromatic N) is 1. The van der Waals surface area contributed by atoms with E-state index in [1.807, 2.05) is 18.2 Å². The number of nitrogens with two attached hydrogens (primary N) is 1. The topological polar surface area (TPSA) is 47.7 Å². The first-order valence-electron chi connectivity index (χ1n) is 6.34. The molecular weight excluding hydrogens is 228 g/mol. The highest BCUT2D eigenvalue weighted by atomic mass is 16.7. The Kier molecular flexibility index (Phi) is 6.72. The van der Waals surface area contributed by atoms with Crippen LogP contribution in [0, 0.1) is 0 Å². The molecule has 0 fully saturated rings. The van der Waals surface area contributed by atoms with E-state index in [4.69, 9.17) is 15.2 Å². The van der Waals surface area contributed by atoms with Gasteiger partial charge in [-0.2, -0.15) is 0 Å². The lowest BCUT2D eigenvalue weighted by atomic mass is 10.1. The number of para-hydroxylation sites is 1. The molecule has 18 heavy (non-hydrogen) atoms. The third kappa shape index (κ3) is 3.98. The lowest BCUT2D eigenvalue weighted by Gasteiger charge is -2.33. The van der Waals surface area contributed by atoms with Gasteiger partial charge in [0.2, 0.25) is 0 Å². The van der Waals surface area contributed by atoms with E-state index in [0.29, 0.717) is 6.54 Å². The van der Waals surface area contributed by atoms with E-state index in [9.17, 15) is 0 Å². The van der Waals surface area contributed by atoms with Gasteiger partial charge in [-0.3, -0.25) is 0 Å². The maximum atomic E-state index is 5.89. The quantitative estimate of drug-likeness (QED) is 0.717. The second-order valence-corrected chi connectivity index (χ2v) is 4.15. The molecule has 0 aliphatic rings. The van der Waals surface area contributed by atoms with Gasteiger partial charge in [0.25, 0.3) is 0 Å². The van der Waals surface area contributed by atoms with Crippen LogP contribution in [-0.4, -0.2) is 39.6 Å². The second kappa shape index (κ2) is 8.08. The molecule has 0 heterocycles. The van der Waals surface area contributed by atoms with Gasteiger partial charge in [0, 0.05) is 45.5 Å². The average Bonchev–Trinajstić information content (AvgIpc) is 2.44. The van der Waals surface area contributed by atoms with E-state index >= 15 is 0 Å². The van der Waals surface area contributed by atoms with E-state index < -0.39 is 0 Å². The minimum Gasteiger partial charge on any atom is -0.367 e. The van der Waals surface area contributed by atoms with Gasteiger partial charge in [-0.25, -0.2) is 0 Å². The summed E-state index contributed by atoms with van der Waals surface area (Å²) < 4.78 is 10.5. The molecule has 0 radical (unpaired) electrons. The summed E-state index contributed by atoms with van der Waals surface area (Å²) in [5.41, 5.74) is 7.07. The minimum absolute atomic E-state index is 0.210. The average molecular weight is 252 g/mol. The largest absolute Gasteiger partial charge is 0.367 e. The Morgan fingerprint density at radius 3 is 2.22 bits per heavy atom. The molecule has 0 bridgehead atoms. The number of ether oxygens (including phenoxy) is 2. The molecule has 0 aromatic heterocycles. The molecule has 1 unspecified atom stereocenters. The van der Waals surface area contributed by atoms with Crippen LogP contribution in [0.15, 0.2) is 30.3 Å². The fourth-order valence-electron chi connectivity index (χ4n) is 2.13. The van der Waals surface area contributed by atoms with Gasteiger partial charge in [0.15, 0.2) is 6.29 Å². The zero-order valence-electron chi connectivity index (χ0n) is 11.5. The van der Waals surface area contributed by atoms with Gasteiger partial charge in [-0.15, -0.1) is 0 Å². The summed E-state index contributed by atoms with van der Waals surface area (Å²) in [6.07, 6.45) is 0.544. The summed E-state index contributed by atoms with van der Waals surface area (Å²) in [5, 5.41) is 0. The van der Waals surface area contributed by atoms with Crippen LogP contribution >= 0.6 is 0 Å². The van der Waals surface area contributed by atoms with Gasteiger partial charge in [0.1, 0.15) is 0 Å². The third-order valence-electron chi connectivity index (χ3n) is 3.13. The molecule has 0 aliphatic carbocycles. The predicted molar refractivity (Wildman–Crippen MR) is 74.7 cm³/mol. The summed E-state index contributed by atoms with van der Waals surface area (Å²) in [4.78, 5) is 2.28. The van der Waals surface area contributed by atoms with Crippen LogP contribution < -0.4 is 10.6 Å². The van der Waals surface area contributed by atoms with Crippen LogP contribution in [0.2, 0.25) is 0 Å². The van der Waals surface area contributed by atoms with Crippen molar-refractivity contribution in [3.8, 4) is 0 Å². The van der Waals surface area contributed by atoms with Crippen LogP contribution in [-0.2, 0) is 9.47 Å². The highest BCUT2D eigenvalue weighted by Crippen LogP contribution is 2.19. The molecule has 0 amide bonds. The SMILES string of the molecule is CCN(c1ccccc1)C(CN)CC(OC)OC. The van der Waals surface area contributed by atoms with Crippen molar-refractivity contribution in [1.82, 2.24) is 0 Å². The van der Waals surface area contributed by atoms with Gasteiger partial charge in [-0.05, 0) is 19.1 Å². The molecule has 1 aromatic rings. The summed E-state index contributed by atoms with van der Waals surface area (Å²) >= 11 is 0. The van der Waals surface area contributed by atoms with Crippen molar-refractivity contribution in [1.29, 1.82) is 0 Å². The van der Waals surface area contributed by atoms with Crippen LogP contribution in [0.1, 0.15) is 13.3 Å². The summed E-state index contributed by atoms with van der Waals surface area (Å²) in [6, 6.07) is 10.5. The van der Waals surface area contributed by atoms with E-state index in [2.05, 4.69) is 24.0 Å². The van der Waals surface area contributed by atoms with Gasteiger partial charge < -0.3 is 20.1 Å². The predicted octanol–water partition coefficient (Wildman–Crippen LogP) is 1.85. The fraction of sp³-hybridized carbons (Fsp3) is 0.571. The van der Waals surface area contributed by atoms with Crippen LogP contribution in [0.25, 0.3) is 0 Å². The maximum Gasteiger partial charge on any atom is 0.158 e. The van der Waals surface area contributed by atoms with E-state index in [1.165, 1.54) is 5.69 Å². The van der Waals surface area contributed by atoms with Crippen molar-refractivity contribution < 1.29 is 9.47 Å². The Morgan fingerprint density at radius 2 is 1.78 bits per heavy atom. The highest BCUT2D eigenvalue weighted by Gasteiger charge is 2.20. The van der Waals surface area contributed by atoms with Crippen molar-refractivity contribution in [3.05, 3.63) is 30.3 Å². The van der Waals surface area contributed by atoms with Crippen molar-refractivity contribution in [2.45, 2.75) is 25.7 Å². The van der Waals surface area contributed by atoms with E-state index in [1.54, 1.807) is 14.2 Å². The van der Waals surface area contributed by atoms with Gasteiger partial charge >= 0.3 is 0 Å². The number of rotatable bonds is 8. The highest BCUT2D eigenvalue weighted by molar-refractivity contribution is 5.47. The number of methoxy groups -OCH3 is 2. The normalized spacial score (nSPS) is 12.7. The first-order valence-corrected chi connectivity index (χ1v) is 6.34. The summed E-state index contributed by atoms with van der Waals surface area (Å²) in [5.74, 6) is 0. The van der Waals surface area contributed by atoms with Crippen molar-refractivity contribution in [3.63, 3.8) is 0 Å². The Hall–Kier alpha value is -1.10. The number of hydrogen-bond donors (Lipinski definition) is 1. The maximum absolute atomic E-state index is 5.89. The number of benzene rings is 1. The first-order chi connectivity index (χ1) is 8.76. The Balaban J connectivity index is 2.77. The van der Waals surface area contributed by atoms with Crippen molar-refractivity contribution in [2.24, 2.45) is 5.73 Å². The summed E-state index contributed by atoms with van der Waals surface area (Å²) in [7, 11) is 3.31. The number of likely N-dealkylation sites (N-methyl/N-ethyl adjacent to an activating group) is 1. The minimum atomic E-state index is -0.212. The van der Waals surface area contributed by atoms with Crippen LogP contribution in [0.4, 0.5) is 5.69 Å². The molecule has 0 saturated heterocycles. The van der Waals surface area contributed by atoms with Gasteiger partial charge in [-0.1, -0.05) is 18.2 Å². The molecule has 2 N–H and O–H groups in total. The Morgan fingerprint density at radius 1 is 1.17 bits per heavy atom. The molecule has 0 spiro atoms. The third-order valence-corrected chi connectivity index (χ3v) is 3.13. The molecule has 1 rings (SSSR count). The zero-order valence-corrected chi connectivity index (χ0v) is 11.5. The Bertz CT molecular complexity index is 315. The second-order valence-electron chi connectivity index (χ2n) is 4.15. The van der Waals surface area contributed by atoms with Gasteiger partial charge in [0.05, 0.1) is 0 Å². The van der Waals surface area contributed by atoms with Crippen LogP contribution in [0.3, 0.4) is 0 Å². The molecule has 1 aromatic carbocycles. The van der Waals surface area contributed by atoms with E-state index in [0.717, 1.165) is 13.0 Å². The molecule has 4 nitrogen and oxygen atoms in total. The standard InChI is InChI=1S/C14H24N2O2/c1-4-16(12-8-6-5-7-9-12)13(11-15)10-14(17-2)18-3/h5-9,13-14H,4,10-11,15H2,1-3H3. The lowest BCUT2D eigenvalue weighted by molar-refractivity contribution is -0.109. The van der Waals surface area contributed by atoms with Crippen molar-refractivity contribution >= 4 is 5.69 Å². The first kappa shape index (κ1) is 15.0. The Labute approximate surface area is 110 Å². The molecular formula is C14H24N2O2. The molecule has 0 saturated carbocycles. The van der Waals surface area contributed by atoms with Crippen molar-refractivity contribution in [2.75, 3.05) is 32.2 Å². The molecule has 102 valence electrons. The summed E-state index contributed by atoms with van der Waals surface area (Å²) in [6.45, 7) is 3.61. The zero-order chi connectivity index (χ0) is 13.4. The molecule has 0 aliphatic heterocycles.